The number of aryl methyl sites for hydroxylation is 1. The van der Waals surface area contributed by atoms with Crippen LogP contribution in [0.5, 0.6) is 5.88 Å². The quantitative estimate of drug-likeness (QED) is 0.828. The molecule has 0 aromatic carbocycles. The van der Waals surface area contributed by atoms with Gasteiger partial charge in [-0.3, -0.25) is 14.7 Å². The highest BCUT2D eigenvalue weighted by atomic mass is 16.5. The van der Waals surface area contributed by atoms with E-state index in [2.05, 4.69) is 9.97 Å². The summed E-state index contributed by atoms with van der Waals surface area (Å²) >= 11 is 0. The minimum Gasteiger partial charge on any atom is -0.473 e. The summed E-state index contributed by atoms with van der Waals surface area (Å²) in [6, 6.07) is -0.711. The van der Waals surface area contributed by atoms with Crippen LogP contribution in [0.3, 0.4) is 0 Å². The van der Waals surface area contributed by atoms with Gasteiger partial charge in [0.1, 0.15) is 12.1 Å². The molecule has 2 heterocycles. The van der Waals surface area contributed by atoms with Gasteiger partial charge in [-0.1, -0.05) is 13.8 Å². The molecule has 0 aliphatic carbocycles. The number of hydrogen-bond donors (Lipinski definition) is 1. The molecule has 28 heavy (non-hydrogen) atoms. The summed E-state index contributed by atoms with van der Waals surface area (Å²) in [6.07, 6.45) is 3.47. The second kappa shape index (κ2) is 8.75. The van der Waals surface area contributed by atoms with Crippen molar-refractivity contribution in [3.05, 3.63) is 18.1 Å². The first kappa shape index (κ1) is 21.9. The predicted octanol–water partition coefficient (Wildman–Crippen LogP) is 2.96. The molecule has 8 heteroatoms. The summed E-state index contributed by atoms with van der Waals surface area (Å²) in [5, 5.41) is 9.73. The van der Waals surface area contributed by atoms with Crippen LogP contribution in [-0.4, -0.2) is 67.6 Å². The molecule has 0 bridgehead atoms. The van der Waals surface area contributed by atoms with Crippen molar-refractivity contribution in [3.8, 4) is 5.88 Å². The van der Waals surface area contributed by atoms with E-state index in [1.807, 2.05) is 41.5 Å². The number of amides is 2. The number of piperidine rings is 1. The van der Waals surface area contributed by atoms with Gasteiger partial charge in [-0.2, -0.15) is 0 Å². The van der Waals surface area contributed by atoms with Crippen molar-refractivity contribution < 1.29 is 19.4 Å². The first-order chi connectivity index (χ1) is 13.0. The van der Waals surface area contributed by atoms with Gasteiger partial charge in [0.15, 0.2) is 0 Å². The largest absolute Gasteiger partial charge is 0.473 e. The molecule has 1 saturated heterocycles. The Kier molecular flexibility index (Phi) is 6.85. The predicted molar refractivity (Wildman–Crippen MR) is 105 cm³/mol. The van der Waals surface area contributed by atoms with E-state index in [9.17, 15) is 14.7 Å². The monoisotopic (exact) mass is 392 g/mol. The second-order valence-corrected chi connectivity index (χ2v) is 8.60. The lowest BCUT2D eigenvalue weighted by Crippen LogP contribution is -2.60. The Morgan fingerprint density at radius 3 is 2.25 bits per heavy atom. The number of likely N-dealkylation sites (tertiary alicyclic amines) is 1. The molecule has 1 atom stereocenters. The fourth-order valence-electron chi connectivity index (χ4n) is 3.57. The molecule has 0 saturated carbocycles. The molecule has 0 radical (unpaired) electrons. The second-order valence-electron chi connectivity index (χ2n) is 8.60. The standard InChI is InChI=1S/C20H32N4O4/c1-13(2)16(24(19(26)27)20(4,5)6)18(25)23-11-7-15(8-12-23)28-17-14(3)21-9-10-22-17/h9-10,13,15-16H,7-8,11-12H2,1-6H3,(H,26,27)/t16-/m0/s1. The number of aromatic nitrogens is 2. The van der Waals surface area contributed by atoms with Crippen LogP contribution in [0.25, 0.3) is 0 Å². The maximum Gasteiger partial charge on any atom is 0.408 e. The number of nitrogens with zero attached hydrogens (tertiary/aromatic N) is 4. The fourth-order valence-corrected chi connectivity index (χ4v) is 3.57. The Hall–Kier alpha value is -2.38. The molecule has 1 aliphatic rings. The average Bonchev–Trinajstić information content (AvgIpc) is 2.60. The van der Waals surface area contributed by atoms with Gasteiger partial charge in [0, 0.05) is 43.9 Å². The van der Waals surface area contributed by atoms with E-state index >= 15 is 0 Å². The SMILES string of the molecule is Cc1nccnc1OC1CCN(C(=O)[C@H](C(C)C)N(C(=O)O)C(C)(C)C)CC1. The summed E-state index contributed by atoms with van der Waals surface area (Å²) < 4.78 is 5.95. The molecule has 1 aliphatic heterocycles. The van der Waals surface area contributed by atoms with E-state index in [0.717, 1.165) is 5.69 Å². The van der Waals surface area contributed by atoms with E-state index in [1.54, 1.807) is 17.3 Å². The Balaban J connectivity index is 2.06. The Bertz CT molecular complexity index is 694. The van der Waals surface area contributed by atoms with Gasteiger partial charge in [-0.15, -0.1) is 0 Å². The van der Waals surface area contributed by atoms with Crippen LogP contribution in [0, 0.1) is 12.8 Å². The smallest absolute Gasteiger partial charge is 0.408 e. The molecule has 2 rings (SSSR count). The third-order valence-electron chi connectivity index (χ3n) is 4.96. The maximum absolute atomic E-state index is 13.2. The van der Waals surface area contributed by atoms with Crippen LogP contribution >= 0.6 is 0 Å². The lowest BCUT2D eigenvalue weighted by atomic mass is 9.94. The highest BCUT2D eigenvalue weighted by molar-refractivity contribution is 5.86. The van der Waals surface area contributed by atoms with Crippen molar-refractivity contribution in [3.63, 3.8) is 0 Å². The number of carbonyl (C=O) groups excluding carboxylic acids is 1. The molecule has 0 spiro atoms. The molecule has 1 fully saturated rings. The summed E-state index contributed by atoms with van der Waals surface area (Å²) in [5.41, 5.74) is 0.0737. The number of ether oxygens (including phenoxy) is 1. The van der Waals surface area contributed by atoms with Crippen LogP contribution in [0.1, 0.15) is 53.2 Å². The van der Waals surface area contributed by atoms with Crippen LogP contribution in [0.15, 0.2) is 12.4 Å². The van der Waals surface area contributed by atoms with Gasteiger partial charge in [-0.25, -0.2) is 9.78 Å². The summed E-state index contributed by atoms with van der Waals surface area (Å²) in [7, 11) is 0. The summed E-state index contributed by atoms with van der Waals surface area (Å²) in [4.78, 5) is 36.5. The van der Waals surface area contributed by atoms with Crippen molar-refractivity contribution in [1.29, 1.82) is 0 Å². The molecular formula is C20H32N4O4. The van der Waals surface area contributed by atoms with Gasteiger partial charge < -0.3 is 14.7 Å². The first-order valence-corrected chi connectivity index (χ1v) is 9.77. The lowest BCUT2D eigenvalue weighted by molar-refractivity contribution is -0.142. The molecular weight excluding hydrogens is 360 g/mol. The van der Waals surface area contributed by atoms with Crippen LogP contribution in [-0.2, 0) is 4.79 Å². The van der Waals surface area contributed by atoms with Crippen molar-refractivity contribution >= 4 is 12.0 Å². The highest BCUT2D eigenvalue weighted by Crippen LogP contribution is 2.26. The maximum atomic E-state index is 13.2. The zero-order valence-electron chi connectivity index (χ0n) is 17.7. The fraction of sp³-hybridized carbons (Fsp3) is 0.700. The minimum absolute atomic E-state index is 0.0323. The number of carboxylic acid groups (broad SMARTS) is 1. The molecule has 156 valence electrons. The van der Waals surface area contributed by atoms with Crippen molar-refractivity contribution in [2.75, 3.05) is 13.1 Å². The molecule has 2 amide bonds. The van der Waals surface area contributed by atoms with Gasteiger partial charge in [0.25, 0.3) is 0 Å². The summed E-state index contributed by atoms with van der Waals surface area (Å²) in [5.74, 6) is 0.262. The number of carbonyl (C=O) groups is 2. The van der Waals surface area contributed by atoms with Crippen molar-refractivity contribution in [2.24, 2.45) is 5.92 Å². The number of rotatable bonds is 5. The van der Waals surface area contributed by atoms with Gasteiger partial charge in [0.05, 0.1) is 5.69 Å². The zero-order chi connectivity index (χ0) is 21.1. The zero-order valence-corrected chi connectivity index (χ0v) is 17.7. The molecule has 1 aromatic rings. The lowest BCUT2D eigenvalue weighted by Gasteiger charge is -2.43. The van der Waals surface area contributed by atoms with Crippen LogP contribution < -0.4 is 4.74 Å². The third kappa shape index (κ3) is 5.11. The van der Waals surface area contributed by atoms with Gasteiger partial charge in [0.2, 0.25) is 11.8 Å². The van der Waals surface area contributed by atoms with Crippen molar-refractivity contribution in [2.45, 2.75) is 72.1 Å². The molecule has 1 N–H and O–H groups in total. The summed E-state index contributed by atoms with van der Waals surface area (Å²) in [6.45, 7) is 12.1. The number of hydrogen-bond acceptors (Lipinski definition) is 5. The van der Waals surface area contributed by atoms with E-state index in [0.29, 0.717) is 31.8 Å². The molecule has 8 nitrogen and oxygen atoms in total. The Morgan fingerprint density at radius 2 is 1.79 bits per heavy atom. The Morgan fingerprint density at radius 1 is 1.21 bits per heavy atom. The topological polar surface area (TPSA) is 95.9 Å². The van der Waals surface area contributed by atoms with E-state index in [-0.39, 0.29) is 17.9 Å². The minimum atomic E-state index is -1.07. The van der Waals surface area contributed by atoms with E-state index < -0.39 is 17.7 Å². The third-order valence-corrected chi connectivity index (χ3v) is 4.96. The Labute approximate surface area is 166 Å². The van der Waals surface area contributed by atoms with E-state index in [1.165, 1.54) is 4.90 Å². The van der Waals surface area contributed by atoms with Crippen molar-refractivity contribution in [1.82, 2.24) is 19.8 Å². The van der Waals surface area contributed by atoms with Crippen LogP contribution in [0.2, 0.25) is 0 Å². The molecule has 1 aromatic heterocycles. The van der Waals surface area contributed by atoms with E-state index in [4.69, 9.17) is 4.74 Å². The first-order valence-electron chi connectivity index (χ1n) is 9.77. The average molecular weight is 393 g/mol. The van der Waals surface area contributed by atoms with Gasteiger partial charge >= 0.3 is 6.09 Å². The molecule has 0 unspecified atom stereocenters. The highest BCUT2D eigenvalue weighted by Gasteiger charge is 2.41. The normalized spacial score (nSPS) is 16.8. The van der Waals surface area contributed by atoms with Crippen LogP contribution in [0.4, 0.5) is 4.79 Å². The van der Waals surface area contributed by atoms with Gasteiger partial charge in [-0.05, 0) is 33.6 Å².